The molecule has 0 atom stereocenters. The van der Waals surface area contributed by atoms with Crippen molar-refractivity contribution >= 4 is 17.2 Å². The third-order valence-electron chi connectivity index (χ3n) is 3.94. The number of thiazole rings is 1. The first-order chi connectivity index (χ1) is 12.7. The van der Waals surface area contributed by atoms with Crippen LogP contribution in [0.5, 0.6) is 5.75 Å². The number of nitrogens with one attached hydrogen (secondary N) is 1. The van der Waals surface area contributed by atoms with Crippen LogP contribution in [-0.4, -0.2) is 29.5 Å². The summed E-state index contributed by atoms with van der Waals surface area (Å²) in [5.41, 5.74) is 3.06. The van der Waals surface area contributed by atoms with Gasteiger partial charge in [0.1, 0.15) is 5.75 Å². The fourth-order valence-electron chi connectivity index (χ4n) is 2.56. The molecule has 0 fully saturated rings. The van der Waals surface area contributed by atoms with E-state index in [1.165, 1.54) is 0 Å². The number of methoxy groups -OCH3 is 1. The van der Waals surface area contributed by atoms with Crippen molar-refractivity contribution in [2.24, 2.45) is 0 Å². The predicted octanol–water partition coefficient (Wildman–Crippen LogP) is 3.51. The van der Waals surface area contributed by atoms with Gasteiger partial charge in [0.25, 0.3) is 0 Å². The molecule has 1 aromatic carbocycles. The van der Waals surface area contributed by atoms with Crippen LogP contribution in [0.2, 0.25) is 0 Å². The van der Waals surface area contributed by atoms with Gasteiger partial charge < -0.3 is 10.1 Å². The van der Waals surface area contributed by atoms with E-state index in [1.807, 2.05) is 41.8 Å². The molecule has 0 radical (unpaired) electrons. The van der Waals surface area contributed by atoms with E-state index in [-0.39, 0.29) is 5.91 Å². The number of pyridine rings is 1. The lowest BCUT2D eigenvalue weighted by Crippen LogP contribution is -2.25. The molecule has 0 aliphatic rings. The molecular formula is C20H21N3O2S. The van der Waals surface area contributed by atoms with E-state index in [0.29, 0.717) is 19.4 Å². The van der Waals surface area contributed by atoms with Crippen molar-refractivity contribution in [1.29, 1.82) is 0 Å². The van der Waals surface area contributed by atoms with E-state index in [9.17, 15) is 4.79 Å². The molecule has 5 nitrogen and oxygen atoms in total. The van der Waals surface area contributed by atoms with Crippen molar-refractivity contribution < 1.29 is 9.53 Å². The molecule has 0 saturated heterocycles. The van der Waals surface area contributed by atoms with E-state index in [0.717, 1.165) is 34.0 Å². The number of rotatable bonds is 8. The van der Waals surface area contributed by atoms with Crippen LogP contribution in [0.4, 0.5) is 0 Å². The first-order valence-corrected chi connectivity index (χ1v) is 9.37. The van der Waals surface area contributed by atoms with Crippen molar-refractivity contribution in [2.75, 3.05) is 13.7 Å². The van der Waals surface area contributed by atoms with E-state index in [4.69, 9.17) is 4.74 Å². The summed E-state index contributed by atoms with van der Waals surface area (Å²) in [5.74, 6) is 0.882. The molecule has 0 spiro atoms. The fourth-order valence-corrected chi connectivity index (χ4v) is 3.36. The van der Waals surface area contributed by atoms with Crippen LogP contribution in [0.15, 0.2) is 54.2 Å². The van der Waals surface area contributed by atoms with Crippen LogP contribution in [-0.2, 0) is 17.6 Å². The summed E-state index contributed by atoms with van der Waals surface area (Å²) in [6, 6.07) is 11.8. The SMILES string of the molecule is COc1cccc(CCNC(=O)CCc2nc(-c3cccnc3)cs2)c1. The predicted molar refractivity (Wildman–Crippen MR) is 103 cm³/mol. The van der Waals surface area contributed by atoms with E-state index >= 15 is 0 Å². The first kappa shape index (κ1) is 18.1. The van der Waals surface area contributed by atoms with Crippen molar-refractivity contribution in [3.63, 3.8) is 0 Å². The van der Waals surface area contributed by atoms with Gasteiger partial charge in [-0.05, 0) is 36.2 Å². The van der Waals surface area contributed by atoms with Crippen molar-refractivity contribution in [2.45, 2.75) is 19.3 Å². The van der Waals surface area contributed by atoms with Gasteiger partial charge in [-0.2, -0.15) is 0 Å². The fraction of sp³-hybridized carbons (Fsp3) is 0.250. The van der Waals surface area contributed by atoms with Crippen LogP contribution >= 0.6 is 11.3 Å². The van der Waals surface area contributed by atoms with Crippen LogP contribution in [0, 0.1) is 0 Å². The molecule has 1 N–H and O–H groups in total. The lowest BCUT2D eigenvalue weighted by atomic mass is 10.1. The van der Waals surface area contributed by atoms with Gasteiger partial charge in [0.2, 0.25) is 5.91 Å². The number of hydrogen-bond acceptors (Lipinski definition) is 5. The molecule has 0 saturated carbocycles. The number of carbonyl (C=O) groups excluding carboxylic acids is 1. The molecule has 6 heteroatoms. The second-order valence-electron chi connectivity index (χ2n) is 5.82. The number of hydrogen-bond donors (Lipinski definition) is 1. The lowest BCUT2D eigenvalue weighted by molar-refractivity contribution is -0.121. The third kappa shape index (κ3) is 5.13. The highest BCUT2D eigenvalue weighted by Gasteiger charge is 2.07. The minimum Gasteiger partial charge on any atom is -0.497 e. The molecule has 0 aliphatic carbocycles. The summed E-state index contributed by atoms with van der Waals surface area (Å²) in [6.07, 6.45) is 5.41. The van der Waals surface area contributed by atoms with E-state index < -0.39 is 0 Å². The Balaban J connectivity index is 1.42. The summed E-state index contributed by atoms with van der Waals surface area (Å²) in [7, 11) is 1.65. The van der Waals surface area contributed by atoms with Gasteiger partial charge >= 0.3 is 0 Å². The topological polar surface area (TPSA) is 64.1 Å². The number of benzene rings is 1. The first-order valence-electron chi connectivity index (χ1n) is 8.49. The lowest BCUT2D eigenvalue weighted by Gasteiger charge is -2.06. The molecule has 26 heavy (non-hydrogen) atoms. The van der Waals surface area contributed by atoms with Crippen molar-refractivity contribution in [3.8, 4) is 17.0 Å². The van der Waals surface area contributed by atoms with Crippen LogP contribution in [0.3, 0.4) is 0 Å². The normalized spacial score (nSPS) is 10.5. The minimum absolute atomic E-state index is 0.0472. The van der Waals surface area contributed by atoms with Crippen LogP contribution in [0.25, 0.3) is 11.3 Å². The highest BCUT2D eigenvalue weighted by molar-refractivity contribution is 7.09. The Morgan fingerprint density at radius 1 is 1.23 bits per heavy atom. The summed E-state index contributed by atoms with van der Waals surface area (Å²) in [4.78, 5) is 20.7. The van der Waals surface area contributed by atoms with Crippen molar-refractivity contribution in [3.05, 3.63) is 64.7 Å². The largest absolute Gasteiger partial charge is 0.497 e. The smallest absolute Gasteiger partial charge is 0.220 e. The number of aromatic nitrogens is 2. The quantitative estimate of drug-likeness (QED) is 0.662. The number of carbonyl (C=O) groups is 1. The maximum atomic E-state index is 12.0. The zero-order valence-electron chi connectivity index (χ0n) is 14.6. The standard InChI is InChI=1S/C20H21N3O2S/c1-25-17-6-2-4-15(12-17)9-11-22-19(24)7-8-20-23-18(14-26-20)16-5-3-10-21-13-16/h2-6,10,12-14H,7-9,11H2,1H3,(H,22,24). The monoisotopic (exact) mass is 367 g/mol. The molecule has 134 valence electrons. The van der Waals surface area contributed by atoms with E-state index in [2.05, 4.69) is 15.3 Å². The molecule has 1 amide bonds. The Kier molecular flexibility index (Phi) is 6.33. The summed E-state index contributed by atoms with van der Waals surface area (Å²) >= 11 is 1.58. The zero-order chi connectivity index (χ0) is 18.2. The molecule has 0 aliphatic heterocycles. The van der Waals surface area contributed by atoms with Gasteiger partial charge in [-0.15, -0.1) is 11.3 Å². The highest BCUT2D eigenvalue weighted by atomic mass is 32.1. The Bertz CT molecular complexity index is 849. The van der Waals surface area contributed by atoms with Gasteiger partial charge in [-0.25, -0.2) is 4.98 Å². The van der Waals surface area contributed by atoms with Gasteiger partial charge in [0, 0.05) is 42.7 Å². The number of aryl methyl sites for hydroxylation is 1. The summed E-state index contributed by atoms with van der Waals surface area (Å²) in [6.45, 7) is 0.616. The van der Waals surface area contributed by atoms with Crippen LogP contribution < -0.4 is 10.1 Å². The minimum atomic E-state index is 0.0472. The second-order valence-corrected chi connectivity index (χ2v) is 6.76. The summed E-state index contributed by atoms with van der Waals surface area (Å²) in [5, 5.41) is 5.94. The number of nitrogens with zero attached hydrogens (tertiary/aromatic N) is 2. The maximum absolute atomic E-state index is 12.0. The Labute approximate surface area is 157 Å². The third-order valence-corrected chi connectivity index (χ3v) is 4.85. The van der Waals surface area contributed by atoms with Crippen molar-refractivity contribution in [1.82, 2.24) is 15.3 Å². The molecule has 3 aromatic rings. The number of amides is 1. The Morgan fingerprint density at radius 2 is 2.15 bits per heavy atom. The summed E-state index contributed by atoms with van der Waals surface area (Å²) < 4.78 is 5.21. The highest BCUT2D eigenvalue weighted by Crippen LogP contribution is 2.21. The molecule has 2 aromatic heterocycles. The van der Waals surface area contributed by atoms with Crippen LogP contribution in [0.1, 0.15) is 17.0 Å². The number of ether oxygens (including phenoxy) is 1. The van der Waals surface area contributed by atoms with Gasteiger partial charge in [0.05, 0.1) is 17.8 Å². The zero-order valence-corrected chi connectivity index (χ0v) is 15.5. The molecule has 3 rings (SSSR count). The average molecular weight is 367 g/mol. The Hall–Kier alpha value is -2.73. The molecule has 0 bridgehead atoms. The van der Waals surface area contributed by atoms with Gasteiger partial charge in [0.15, 0.2) is 0 Å². The van der Waals surface area contributed by atoms with Gasteiger partial charge in [-0.1, -0.05) is 12.1 Å². The van der Waals surface area contributed by atoms with E-state index in [1.54, 1.807) is 30.8 Å². The molecule has 2 heterocycles. The maximum Gasteiger partial charge on any atom is 0.220 e. The van der Waals surface area contributed by atoms with Gasteiger partial charge in [-0.3, -0.25) is 9.78 Å². The molecular weight excluding hydrogens is 346 g/mol. The molecule has 0 unspecified atom stereocenters. The Morgan fingerprint density at radius 3 is 2.96 bits per heavy atom. The second kappa shape index (κ2) is 9.10. The average Bonchev–Trinajstić information content (AvgIpc) is 3.16.